The van der Waals surface area contributed by atoms with Crippen molar-refractivity contribution >= 4 is 17.5 Å². The lowest BCUT2D eigenvalue weighted by molar-refractivity contribution is -0.124. The number of aromatic nitrogens is 2. The highest BCUT2D eigenvalue weighted by Crippen LogP contribution is 2.50. The minimum absolute atomic E-state index is 0.128. The molecule has 0 N–H and O–H groups in total. The van der Waals surface area contributed by atoms with Crippen LogP contribution < -0.4 is 4.90 Å². The molecule has 2 bridgehead atoms. The zero-order valence-electron chi connectivity index (χ0n) is 15.2. The van der Waals surface area contributed by atoms with Crippen LogP contribution in [0, 0.1) is 31.5 Å². The number of anilines is 1. The van der Waals surface area contributed by atoms with Gasteiger partial charge in [0, 0.05) is 0 Å². The van der Waals surface area contributed by atoms with Gasteiger partial charge in [0.1, 0.15) is 5.82 Å². The van der Waals surface area contributed by atoms with E-state index in [2.05, 4.69) is 5.10 Å². The predicted molar refractivity (Wildman–Crippen MR) is 94.6 cm³/mol. The average molecular weight is 369 g/mol. The first-order valence-electron chi connectivity index (χ1n) is 9.27. The molecule has 3 aliphatic heterocycles. The third-order valence-electron chi connectivity index (χ3n) is 6.10. The van der Waals surface area contributed by atoms with Crippen LogP contribution in [-0.2, 0) is 20.9 Å². The van der Waals surface area contributed by atoms with Gasteiger partial charge in [-0.25, -0.2) is 9.29 Å². The summed E-state index contributed by atoms with van der Waals surface area (Å²) in [5.74, 6) is -1.31. The molecule has 3 aliphatic rings. The molecule has 7 heteroatoms. The van der Waals surface area contributed by atoms with E-state index in [1.54, 1.807) is 16.8 Å². The Bertz CT molecular complexity index is 924. The Morgan fingerprint density at radius 2 is 1.67 bits per heavy atom. The number of imide groups is 1. The number of hydrogen-bond donors (Lipinski definition) is 0. The monoisotopic (exact) mass is 369 g/mol. The summed E-state index contributed by atoms with van der Waals surface area (Å²) in [6.07, 6.45) is 1.44. The van der Waals surface area contributed by atoms with Crippen LogP contribution in [-0.4, -0.2) is 33.8 Å². The van der Waals surface area contributed by atoms with Crippen molar-refractivity contribution in [1.29, 1.82) is 0 Å². The number of carbonyl (C=O) groups is 2. The molecule has 27 heavy (non-hydrogen) atoms. The first-order valence-corrected chi connectivity index (χ1v) is 9.27. The second-order valence-electron chi connectivity index (χ2n) is 7.66. The number of carbonyl (C=O) groups excluding carboxylic acids is 2. The number of aryl methyl sites for hydroxylation is 1. The molecule has 2 amide bonds. The van der Waals surface area contributed by atoms with Crippen molar-refractivity contribution in [3.8, 4) is 0 Å². The summed E-state index contributed by atoms with van der Waals surface area (Å²) in [5.41, 5.74) is 2.88. The summed E-state index contributed by atoms with van der Waals surface area (Å²) in [6.45, 7) is 4.12. The summed E-state index contributed by atoms with van der Waals surface area (Å²) >= 11 is 0. The number of hydrogen-bond acceptors (Lipinski definition) is 4. The zero-order valence-corrected chi connectivity index (χ0v) is 15.2. The number of rotatable bonds is 3. The van der Waals surface area contributed by atoms with E-state index >= 15 is 0 Å². The van der Waals surface area contributed by atoms with Gasteiger partial charge in [0.15, 0.2) is 0 Å². The summed E-state index contributed by atoms with van der Waals surface area (Å²) in [4.78, 5) is 27.4. The summed E-state index contributed by atoms with van der Waals surface area (Å²) in [7, 11) is 0. The van der Waals surface area contributed by atoms with E-state index in [1.807, 2.05) is 13.8 Å². The van der Waals surface area contributed by atoms with Gasteiger partial charge in [-0.2, -0.15) is 5.10 Å². The van der Waals surface area contributed by atoms with Crippen LogP contribution in [0.1, 0.15) is 29.8 Å². The van der Waals surface area contributed by atoms with E-state index in [-0.39, 0.29) is 41.7 Å². The quantitative estimate of drug-likeness (QED) is 0.779. The van der Waals surface area contributed by atoms with Gasteiger partial charge in [-0.05, 0) is 44.4 Å². The van der Waals surface area contributed by atoms with Gasteiger partial charge in [-0.3, -0.25) is 14.3 Å². The van der Waals surface area contributed by atoms with E-state index in [4.69, 9.17) is 4.74 Å². The van der Waals surface area contributed by atoms with E-state index in [1.165, 1.54) is 17.0 Å². The maximum Gasteiger partial charge on any atom is 0.240 e. The number of amides is 2. The van der Waals surface area contributed by atoms with Gasteiger partial charge in [-0.15, -0.1) is 0 Å². The molecule has 4 atom stereocenters. The minimum Gasteiger partial charge on any atom is -0.373 e. The summed E-state index contributed by atoms with van der Waals surface area (Å²) < 4.78 is 20.7. The number of halogens is 1. The fourth-order valence-corrected chi connectivity index (χ4v) is 4.86. The van der Waals surface area contributed by atoms with Crippen molar-refractivity contribution in [3.63, 3.8) is 0 Å². The molecule has 0 saturated carbocycles. The lowest BCUT2D eigenvalue weighted by atomic mass is 9.81. The maximum atomic E-state index is 13.1. The van der Waals surface area contributed by atoms with Crippen LogP contribution in [0.15, 0.2) is 24.3 Å². The Hall–Kier alpha value is -2.54. The molecule has 0 spiro atoms. The van der Waals surface area contributed by atoms with Gasteiger partial charge in [0.2, 0.25) is 11.8 Å². The van der Waals surface area contributed by atoms with Gasteiger partial charge in [0.25, 0.3) is 0 Å². The molecule has 0 aliphatic carbocycles. The number of nitrogens with zero attached hydrogens (tertiary/aromatic N) is 3. The Morgan fingerprint density at radius 1 is 1.07 bits per heavy atom. The molecule has 2 aromatic rings. The Morgan fingerprint density at radius 3 is 2.26 bits per heavy atom. The Labute approximate surface area is 155 Å². The highest BCUT2D eigenvalue weighted by Gasteiger charge is 2.63. The van der Waals surface area contributed by atoms with Gasteiger partial charge < -0.3 is 4.74 Å². The lowest BCUT2D eigenvalue weighted by Crippen LogP contribution is -2.35. The molecule has 3 fully saturated rings. The first kappa shape index (κ1) is 16.6. The van der Waals surface area contributed by atoms with Gasteiger partial charge >= 0.3 is 0 Å². The molecule has 1 aromatic carbocycles. The predicted octanol–water partition coefficient (Wildman–Crippen LogP) is 2.35. The molecule has 6 nitrogen and oxygen atoms in total. The molecular weight excluding hydrogens is 349 g/mol. The van der Waals surface area contributed by atoms with Crippen molar-refractivity contribution in [3.05, 3.63) is 47.0 Å². The van der Waals surface area contributed by atoms with Crippen LogP contribution in [0.5, 0.6) is 0 Å². The zero-order chi connectivity index (χ0) is 18.9. The van der Waals surface area contributed by atoms with Crippen LogP contribution in [0.4, 0.5) is 10.1 Å². The number of fused-ring (bicyclic) bond motifs is 5. The summed E-state index contributed by atoms with van der Waals surface area (Å²) in [6, 6.07) is 6.23. The van der Waals surface area contributed by atoms with E-state index < -0.39 is 0 Å². The second-order valence-corrected chi connectivity index (χ2v) is 7.66. The van der Waals surface area contributed by atoms with Crippen LogP contribution >= 0.6 is 0 Å². The van der Waals surface area contributed by atoms with E-state index in [9.17, 15) is 14.0 Å². The van der Waals surface area contributed by atoms with Crippen molar-refractivity contribution in [1.82, 2.24) is 9.78 Å². The van der Waals surface area contributed by atoms with Crippen LogP contribution in [0.25, 0.3) is 0 Å². The Kier molecular flexibility index (Phi) is 3.53. The molecular formula is C20H20FN3O3. The second kappa shape index (κ2) is 5.73. The minimum atomic E-state index is -0.351. The fourth-order valence-electron chi connectivity index (χ4n) is 4.86. The topological polar surface area (TPSA) is 64.4 Å². The normalized spacial score (nSPS) is 29.1. The molecule has 140 valence electrons. The van der Waals surface area contributed by atoms with E-state index in [0.717, 1.165) is 24.1 Å². The van der Waals surface area contributed by atoms with Gasteiger partial charge in [-0.1, -0.05) is 12.1 Å². The Balaban J connectivity index is 1.49. The third kappa shape index (κ3) is 2.31. The molecule has 5 rings (SSSR count). The highest BCUT2D eigenvalue weighted by atomic mass is 19.1. The maximum absolute atomic E-state index is 13.1. The van der Waals surface area contributed by atoms with Crippen molar-refractivity contribution in [2.24, 2.45) is 11.8 Å². The van der Waals surface area contributed by atoms with E-state index in [0.29, 0.717) is 17.9 Å². The molecule has 0 unspecified atom stereocenters. The first-order chi connectivity index (χ1) is 13.0. The average Bonchev–Trinajstić information content (AvgIpc) is 3.37. The van der Waals surface area contributed by atoms with Gasteiger partial charge in [0.05, 0.1) is 47.7 Å². The van der Waals surface area contributed by atoms with Crippen molar-refractivity contribution in [2.75, 3.05) is 4.90 Å². The standard InChI is InChI=1S/C20H20FN3O3/c1-10-18(11(2)23(22-10)9-12-3-5-13(21)6-4-12)24-19(25)16-14-7-8-15(27-14)17(16)20(24)26/h3-6,14-17H,7-9H2,1-2H3/t14-,15-,16+,17+/m1/s1. The van der Waals surface area contributed by atoms with Crippen LogP contribution in [0.3, 0.4) is 0 Å². The molecule has 0 radical (unpaired) electrons. The summed E-state index contributed by atoms with van der Waals surface area (Å²) in [5, 5.41) is 4.53. The lowest BCUT2D eigenvalue weighted by Gasteiger charge is -2.18. The number of benzene rings is 1. The SMILES string of the molecule is Cc1nn(Cc2ccc(F)cc2)c(C)c1N1C(=O)[C@@H]2[C@@H](C1=O)[C@H]1CC[C@H]2O1. The fraction of sp³-hybridized carbons (Fsp3) is 0.450. The molecule has 1 aromatic heterocycles. The smallest absolute Gasteiger partial charge is 0.240 e. The molecule has 3 saturated heterocycles. The number of ether oxygens (including phenoxy) is 1. The largest absolute Gasteiger partial charge is 0.373 e. The van der Waals surface area contributed by atoms with Crippen LogP contribution in [0.2, 0.25) is 0 Å². The third-order valence-corrected chi connectivity index (χ3v) is 6.10. The highest BCUT2D eigenvalue weighted by molar-refractivity contribution is 6.23. The molecule has 4 heterocycles. The van der Waals surface area contributed by atoms with Crippen molar-refractivity contribution in [2.45, 2.75) is 45.4 Å². The van der Waals surface area contributed by atoms with Crippen molar-refractivity contribution < 1.29 is 18.7 Å².